The molecule has 1 aromatic rings. The van der Waals surface area contributed by atoms with Crippen molar-refractivity contribution >= 4 is 5.95 Å². The molecular weight excluding hydrogens is 216 g/mol. The van der Waals surface area contributed by atoms with Crippen molar-refractivity contribution in [3.05, 3.63) is 5.89 Å². The molecule has 1 aliphatic rings. The molecule has 0 aliphatic heterocycles. The van der Waals surface area contributed by atoms with Crippen LogP contribution < -0.4 is 5.32 Å². The third-order valence-corrected chi connectivity index (χ3v) is 3.83. The Hall–Kier alpha value is -1.10. The Balaban J connectivity index is 1.95. The second-order valence-electron chi connectivity index (χ2n) is 5.04. The zero-order chi connectivity index (χ0) is 12.3. The summed E-state index contributed by atoms with van der Waals surface area (Å²) in [6, 6.07) is 0. The lowest BCUT2D eigenvalue weighted by Crippen LogP contribution is -2.47. The molecule has 1 N–H and O–H groups in total. The summed E-state index contributed by atoms with van der Waals surface area (Å²) in [4.78, 5) is 6.60. The number of nitrogens with one attached hydrogen (secondary N) is 1. The summed E-state index contributed by atoms with van der Waals surface area (Å²) in [6.45, 7) is 2.90. The standard InChI is InChI=1S/C12H22N4O/c1-4-10-14-11(15-17-10)13-9-12(16(2)3)7-5-6-8-12/h4-9H2,1-3H3,(H,13,15). The van der Waals surface area contributed by atoms with Gasteiger partial charge in [0.15, 0.2) is 0 Å². The van der Waals surface area contributed by atoms with Gasteiger partial charge in [0.2, 0.25) is 5.89 Å². The smallest absolute Gasteiger partial charge is 0.263 e. The molecule has 0 unspecified atom stereocenters. The van der Waals surface area contributed by atoms with Crippen molar-refractivity contribution in [1.82, 2.24) is 15.0 Å². The Labute approximate surface area is 103 Å². The highest BCUT2D eigenvalue weighted by Gasteiger charge is 2.35. The van der Waals surface area contributed by atoms with Crippen LogP contribution in [0.5, 0.6) is 0 Å². The van der Waals surface area contributed by atoms with Crippen molar-refractivity contribution in [1.29, 1.82) is 0 Å². The Morgan fingerprint density at radius 3 is 2.59 bits per heavy atom. The Bertz CT molecular complexity index is 355. The Morgan fingerprint density at radius 2 is 2.06 bits per heavy atom. The van der Waals surface area contributed by atoms with E-state index in [1.54, 1.807) is 0 Å². The fourth-order valence-electron chi connectivity index (χ4n) is 2.53. The first-order valence-electron chi connectivity index (χ1n) is 6.40. The van der Waals surface area contributed by atoms with Crippen molar-refractivity contribution in [2.24, 2.45) is 0 Å². The first-order valence-corrected chi connectivity index (χ1v) is 6.40. The number of hydrogen-bond donors (Lipinski definition) is 1. The van der Waals surface area contributed by atoms with Gasteiger partial charge in [-0.15, -0.1) is 0 Å². The van der Waals surface area contributed by atoms with E-state index in [2.05, 4.69) is 34.5 Å². The molecule has 1 aliphatic carbocycles. The average molecular weight is 238 g/mol. The number of rotatable bonds is 5. The fraction of sp³-hybridized carbons (Fsp3) is 0.833. The normalized spacial score (nSPS) is 18.8. The first-order chi connectivity index (χ1) is 8.16. The molecule has 5 nitrogen and oxygen atoms in total. The van der Waals surface area contributed by atoms with Gasteiger partial charge in [0.25, 0.3) is 5.95 Å². The molecule has 0 bridgehead atoms. The number of aromatic nitrogens is 2. The van der Waals surface area contributed by atoms with Crippen LogP contribution in [0.25, 0.3) is 0 Å². The lowest BCUT2D eigenvalue weighted by atomic mass is 9.96. The average Bonchev–Trinajstić information content (AvgIpc) is 2.96. The molecule has 0 saturated heterocycles. The summed E-state index contributed by atoms with van der Waals surface area (Å²) >= 11 is 0. The quantitative estimate of drug-likeness (QED) is 0.849. The third-order valence-electron chi connectivity index (χ3n) is 3.83. The van der Waals surface area contributed by atoms with Gasteiger partial charge < -0.3 is 14.7 Å². The summed E-state index contributed by atoms with van der Waals surface area (Å²) in [5, 5.41) is 7.23. The summed E-state index contributed by atoms with van der Waals surface area (Å²) in [6.07, 6.45) is 5.89. The SMILES string of the molecule is CCc1nc(NCC2(N(C)C)CCCC2)no1. The number of aryl methyl sites for hydroxylation is 1. The van der Waals surface area contributed by atoms with E-state index in [4.69, 9.17) is 4.52 Å². The predicted molar refractivity (Wildman–Crippen MR) is 67.1 cm³/mol. The maximum Gasteiger partial charge on any atom is 0.263 e. The molecule has 1 heterocycles. The zero-order valence-electron chi connectivity index (χ0n) is 11.0. The largest absolute Gasteiger partial charge is 0.350 e. The highest BCUT2D eigenvalue weighted by Crippen LogP contribution is 2.33. The molecule has 0 spiro atoms. The van der Waals surface area contributed by atoms with Crippen molar-refractivity contribution in [3.8, 4) is 0 Å². The van der Waals surface area contributed by atoms with Crippen molar-refractivity contribution < 1.29 is 4.52 Å². The topological polar surface area (TPSA) is 54.2 Å². The zero-order valence-corrected chi connectivity index (χ0v) is 11.0. The van der Waals surface area contributed by atoms with Crippen LogP contribution in [0.1, 0.15) is 38.5 Å². The molecule has 0 radical (unpaired) electrons. The highest BCUT2D eigenvalue weighted by molar-refractivity contribution is 5.23. The van der Waals surface area contributed by atoms with Gasteiger partial charge in [-0.3, -0.25) is 0 Å². The highest BCUT2D eigenvalue weighted by atomic mass is 16.5. The Morgan fingerprint density at radius 1 is 1.35 bits per heavy atom. The minimum absolute atomic E-state index is 0.257. The summed E-state index contributed by atoms with van der Waals surface area (Å²) in [5.41, 5.74) is 0.257. The van der Waals surface area contributed by atoms with Crippen molar-refractivity contribution in [2.75, 3.05) is 26.0 Å². The molecule has 1 aromatic heterocycles. The fourth-order valence-corrected chi connectivity index (χ4v) is 2.53. The van der Waals surface area contributed by atoms with Crippen LogP contribution in [0.3, 0.4) is 0 Å². The Kier molecular flexibility index (Phi) is 3.66. The maximum atomic E-state index is 5.09. The van der Waals surface area contributed by atoms with E-state index < -0.39 is 0 Å². The minimum Gasteiger partial charge on any atom is -0.350 e. The van der Waals surface area contributed by atoms with E-state index in [9.17, 15) is 0 Å². The van der Waals surface area contributed by atoms with E-state index >= 15 is 0 Å². The summed E-state index contributed by atoms with van der Waals surface area (Å²) < 4.78 is 5.09. The van der Waals surface area contributed by atoms with Crippen LogP contribution in [0.2, 0.25) is 0 Å². The van der Waals surface area contributed by atoms with Gasteiger partial charge in [-0.2, -0.15) is 4.98 Å². The minimum atomic E-state index is 0.257. The number of anilines is 1. The van der Waals surface area contributed by atoms with Gasteiger partial charge in [-0.1, -0.05) is 19.8 Å². The van der Waals surface area contributed by atoms with Gasteiger partial charge in [0, 0.05) is 18.5 Å². The van der Waals surface area contributed by atoms with Crippen molar-refractivity contribution in [2.45, 2.75) is 44.6 Å². The lowest BCUT2D eigenvalue weighted by molar-refractivity contribution is 0.172. The van der Waals surface area contributed by atoms with Crippen molar-refractivity contribution in [3.63, 3.8) is 0 Å². The molecule has 0 atom stereocenters. The van der Waals surface area contributed by atoms with Crippen LogP contribution >= 0.6 is 0 Å². The molecule has 96 valence electrons. The summed E-state index contributed by atoms with van der Waals surface area (Å²) in [5.74, 6) is 1.31. The molecule has 1 saturated carbocycles. The summed E-state index contributed by atoms with van der Waals surface area (Å²) in [7, 11) is 4.31. The molecule has 0 amide bonds. The van der Waals surface area contributed by atoms with E-state index in [1.165, 1.54) is 25.7 Å². The molecule has 0 aromatic carbocycles. The number of nitrogens with zero attached hydrogens (tertiary/aromatic N) is 3. The van der Waals surface area contributed by atoms with Gasteiger partial charge >= 0.3 is 0 Å². The lowest BCUT2D eigenvalue weighted by Gasteiger charge is -2.36. The first kappa shape index (κ1) is 12.4. The van der Waals surface area contributed by atoms with Crippen LogP contribution in [0.4, 0.5) is 5.95 Å². The maximum absolute atomic E-state index is 5.09. The van der Waals surface area contributed by atoms with Gasteiger partial charge in [-0.05, 0) is 32.1 Å². The molecule has 2 rings (SSSR count). The van der Waals surface area contributed by atoms with E-state index in [0.29, 0.717) is 11.8 Å². The monoisotopic (exact) mass is 238 g/mol. The van der Waals surface area contributed by atoms with Crippen LogP contribution in [0, 0.1) is 0 Å². The predicted octanol–water partition coefficient (Wildman–Crippen LogP) is 1.92. The molecule has 5 heteroatoms. The van der Waals surface area contributed by atoms with E-state index in [-0.39, 0.29) is 5.54 Å². The van der Waals surface area contributed by atoms with E-state index in [0.717, 1.165) is 13.0 Å². The van der Waals surface area contributed by atoms with Crippen LogP contribution in [-0.4, -0.2) is 41.2 Å². The van der Waals surface area contributed by atoms with Gasteiger partial charge in [0.1, 0.15) is 0 Å². The molecule has 1 fully saturated rings. The molecular formula is C12H22N4O. The van der Waals surface area contributed by atoms with E-state index in [1.807, 2.05) is 6.92 Å². The number of likely N-dealkylation sites (N-methyl/N-ethyl adjacent to an activating group) is 1. The second-order valence-corrected chi connectivity index (χ2v) is 5.04. The van der Waals surface area contributed by atoms with Crippen LogP contribution in [-0.2, 0) is 6.42 Å². The third kappa shape index (κ3) is 2.60. The van der Waals surface area contributed by atoms with Gasteiger partial charge in [-0.25, -0.2) is 0 Å². The number of hydrogen-bond acceptors (Lipinski definition) is 5. The van der Waals surface area contributed by atoms with Gasteiger partial charge in [0.05, 0.1) is 0 Å². The van der Waals surface area contributed by atoms with Crippen LogP contribution in [0.15, 0.2) is 4.52 Å². The molecule has 17 heavy (non-hydrogen) atoms. The second kappa shape index (κ2) is 5.04.